The van der Waals surface area contributed by atoms with Crippen LogP contribution in [0.3, 0.4) is 0 Å². The number of nitro groups is 1. The fourth-order valence-electron chi connectivity index (χ4n) is 1.50. The maximum absolute atomic E-state index is 12.1. The third-order valence-electron chi connectivity index (χ3n) is 2.80. The molecule has 112 valence electrons. The van der Waals surface area contributed by atoms with Crippen LogP contribution in [0, 0.1) is 10.1 Å². The first-order valence-electron chi connectivity index (χ1n) is 6.00. The van der Waals surface area contributed by atoms with Gasteiger partial charge in [0.2, 0.25) is 10.0 Å². The van der Waals surface area contributed by atoms with Crippen LogP contribution in [0.4, 0.5) is 11.4 Å². The highest BCUT2D eigenvalue weighted by Gasteiger charge is 2.25. The Morgan fingerprint density at radius 3 is 2.65 bits per heavy atom. The number of nitro benzene ring substituents is 1. The van der Waals surface area contributed by atoms with Crippen LogP contribution in [0.15, 0.2) is 23.1 Å². The molecule has 1 rings (SSSR count). The minimum absolute atomic E-state index is 0.154. The first-order chi connectivity index (χ1) is 9.27. The summed E-state index contributed by atoms with van der Waals surface area (Å²) in [6.45, 7) is 3.39. The normalized spacial score (nSPS) is 11.8. The predicted octanol–water partition coefficient (Wildman–Crippen LogP) is 0.407. The number of rotatable bonds is 7. The lowest BCUT2D eigenvalue weighted by Crippen LogP contribution is -2.33. The number of sulfonamides is 1. The van der Waals surface area contributed by atoms with Crippen LogP contribution in [0.2, 0.25) is 0 Å². The molecule has 0 spiro atoms. The predicted molar refractivity (Wildman–Crippen MR) is 75.9 cm³/mol. The number of hydrogen-bond acceptors (Lipinski definition) is 6. The Kier molecular flexibility index (Phi) is 5.43. The van der Waals surface area contributed by atoms with E-state index in [2.05, 4.69) is 4.72 Å². The quantitative estimate of drug-likeness (QED) is 0.428. The molecule has 1 aromatic carbocycles. The van der Waals surface area contributed by atoms with E-state index in [-0.39, 0.29) is 12.2 Å². The standard InChI is InChI=1S/C11H18N4O4S/c1-3-14(2)7-6-13-20(18,19)11-8-9(12)4-5-10(11)15(16)17/h4-5,8,13H,3,6-7,12H2,1-2H3. The van der Waals surface area contributed by atoms with Crippen LogP contribution in [0.5, 0.6) is 0 Å². The fourth-order valence-corrected chi connectivity index (χ4v) is 2.73. The van der Waals surface area contributed by atoms with E-state index in [1.807, 2.05) is 18.9 Å². The maximum Gasteiger partial charge on any atom is 0.289 e. The first kappa shape index (κ1) is 16.3. The van der Waals surface area contributed by atoms with Gasteiger partial charge in [-0.25, -0.2) is 13.1 Å². The molecule has 0 saturated heterocycles. The van der Waals surface area contributed by atoms with E-state index < -0.39 is 25.5 Å². The average Bonchev–Trinajstić information content (AvgIpc) is 2.37. The Labute approximate surface area is 117 Å². The minimum atomic E-state index is -3.96. The van der Waals surface area contributed by atoms with Gasteiger partial charge in [-0.1, -0.05) is 6.92 Å². The summed E-state index contributed by atoms with van der Waals surface area (Å²) < 4.78 is 26.5. The van der Waals surface area contributed by atoms with Crippen molar-refractivity contribution >= 4 is 21.4 Å². The number of nitrogens with zero attached hydrogens (tertiary/aromatic N) is 2. The molecular weight excluding hydrogens is 284 g/mol. The Bertz CT molecular complexity index is 588. The summed E-state index contributed by atoms with van der Waals surface area (Å²) >= 11 is 0. The van der Waals surface area contributed by atoms with Crippen LogP contribution < -0.4 is 10.5 Å². The molecule has 0 aliphatic heterocycles. The topological polar surface area (TPSA) is 119 Å². The van der Waals surface area contributed by atoms with Gasteiger partial charge in [-0.05, 0) is 25.7 Å². The van der Waals surface area contributed by atoms with E-state index in [0.29, 0.717) is 6.54 Å². The van der Waals surface area contributed by atoms with Crippen LogP contribution >= 0.6 is 0 Å². The number of nitrogens with one attached hydrogen (secondary N) is 1. The van der Waals surface area contributed by atoms with Crippen molar-refractivity contribution in [2.45, 2.75) is 11.8 Å². The Morgan fingerprint density at radius 2 is 2.10 bits per heavy atom. The van der Waals surface area contributed by atoms with E-state index in [4.69, 9.17) is 5.73 Å². The molecule has 0 amide bonds. The zero-order chi connectivity index (χ0) is 15.3. The van der Waals surface area contributed by atoms with Gasteiger partial charge >= 0.3 is 0 Å². The molecule has 8 nitrogen and oxygen atoms in total. The number of nitrogens with two attached hydrogens (primary N) is 1. The van der Waals surface area contributed by atoms with Crippen LogP contribution in [-0.2, 0) is 10.0 Å². The summed E-state index contributed by atoms with van der Waals surface area (Å²) in [7, 11) is -2.12. The molecule has 20 heavy (non-hydrogen) atoms. The van der Waals surface area contributed by atoms with Gasteiger partial charge in [0.25, 0.3) is 5.69 Å². The lowest BCUT2D eigenvalue weighted by Gasteiger charge is -2.14. The van der Waals surface area contributed by atoms with Crippen molar-refractivity contribution in [3.05, 3.63) is 28.3 Å². The molecule has 0 atom stereocenters. The molecule has 0 aliphatic rings. The van der Waals surface area contributed by atoms with Gasteiger partial charge in [0.15, 0.2) is 4.90 Å². The zero-order valence-electron chi connectivity index (χ0n) is 11.4. The van der Waals surface area contributed by atoms with Crippen molar-refractivity contribution in [1.82, 2.24) is 9.62 Å². The highest BCUT2D eigenvalue weighted by atomic mass is 32.2. The molecule has 0 radical (unpaired) electrons. The van der Waals surface area contributed by atoms with Gasteiger partial charge in [0.1, 0.15) is 0 Å². The summed E-state index contributed by atoms with van der Waals surface area (Å²) in [5, 5.41) is 10.9. The summed E-state index contributed by atoms with van der Waals surface area (Å²) in [6.07, 6.45) is 0. The second kappa shape index (κ2) is 6.64. The summed E-state index contributed by atoms with van der Waals surface area (Å²) in [6, 6.07) is 3.47. The number of anilines is 1. The second-order valence-corrected chi connectivity index (χ2v) is 6.01. The number of hydrogen-bond donors (Lipinski definition) is 2. The van der Waals surface area contributed by atoms with Crippen molar-refractivity contribution in [1.29, 1.82) is 0 Å². The average molecular weight is 302 g/mol. The summed E-state index contributed by atoms with van der Waals surface area (Å²) in [5.41, 5.74) is 5.16. The van der Waals surface area contributed by atoms with Crippen molar-refractivity contribution in [2.75, 3.05) is 32.4 Å². The van der Waals surface area contributed by atoms with Crippen LogP contribution in [0.25, 0.3) is 0 Å². The van der Waals surface area contributed by atoms with E-state index in [1.54, 1.807) is 0 Å². The van der Waals surface area contributed by atoms with Crippen LogP contribution in [0.1, 0.15) is 6.92 Å². The van der Waals surface area contributed by atoms with Gasteiger partial charge in [0, 0.05) is 24.8 Å². The maximum atomic E-state index is 12.1. The lowest BCUT2D eigenvalue weighted by molar-refractivity contribution is -0.387. The van der Waals surface area contributed by atoms with Gasteiger partial charge < -0.3 is 10.6 Å². The highest BCUT2D eigenvalue weighted by molar-refractivity contribution is 7.89. The number of likely N-dealkylation sites (N-methyl/N-ethyl adjacent to an activating group) is 1. The van der Waals surface area contributed by atoms with E-state index >= 15 is 0 Å². The molecule has 3 N–H and O–H groups in total. The largest absolute Gasteiger partial charge is 0.399 e. The third kappa shape index (κ3) is 4.15. The molecule has 0 fully saturated rings. The molecule has 0 saturated carbocycles. The smallest absolute Gasteiger partial charge is 0.289 e. The first-order valence-corrected chi connectivity index (χ1v) is 7.48. The number of benzene rings is 1. The van der Waals surface area contributed by atoms with E-state index in [0.717, 1.165) is 18.7 Å². The molecule has 0 aromatic heterocycles. The molecule has 9 heteroatoms. The Hall–Kier alpha value is -1.71. The molecule has 0 aliphatic carbocycles. The summed E-state index contributed by atoms with van der Waals surface area (Å²) in [4.78, 5) is 11.6. The molecule has 0 unspecified atom stereocenters. The SMILES string of the molecule is CCN(C)CCNS(=O)(=O)c1cc(N)ccc1[N+](=O)[O-]. The second-order valence-electron chi connectivity index (χ2n) is 4.28. The minimum Gasteiger partial charge on any atom is -0.399 e. The number of nitrogen functional groups attached to an aromatic ring is 1. The lowest BCUT2D eigenvalue weighted by atomic mass is 10.3. The fraction of sp³-hybridized carbons (Fsp3) is 0.455. The molecule has 0 heterocycles. The summed E-state index contributed by atoms with van der Waals surface area (Å²) in [5.74, 6) is 0. The molecular formula is C11H18N4O4S. The van der Waals surface area contributed by atoms with Crippen LogP contribution in [-0.4, -0.2) is 44.9 Å². The Balaban J connectivity index is 2.97. The van der Waals surface area contributed by atoms with E-state index in [1.165, 1.54) is 6.07 Å². The highest BCUT2D eigenvalue weighted by Crippen LogP contribution is 2.25. The van der Waals surface area contributed by atoms with Gasteiger partial charge in [-0.2, -0.15) is 0 Å². The van der Waals surface area contributed by atoms with Crippen molar-refractivity contribution in [3.8, 4) is 0 Å². The van der Waals surface area contributed by atoms with E-state index in [9.17, 15) is 18.5 Å². The zero-order valence-corrected chi connectivity index (χ0v) is 12.2. The van der Waals surface area contributed by atoms with Crippen molar-refractivity contribution < 1.29 is 13.3 Å². The molecule has 0 bridgehead atoms. The third-order valence-corrected chi connectivity index (χ3v) is 4.29. The van der Waals surface area contributed by atoms with Crippen molar-refractivity contribution in [3.63, 3.8) is 0 Å². The monoisotopic (exact) mass is 302 g/mol. The van der Waals surface area contributed by atoms with Crippen molar-refractivity contribution in [2.24, 2.45) is 0 Å². The Morgan fingerprint density at radius 1 is 1.45 bits per heavy atom. The van der Waals surface area contributed by atoms with Gasteiger partial charge in [-0.15, -0.1) is 0 Å². The molecule has 1 aromatic rings. The van der Waals surface area contributed by atoms with Gasteiger partial charge in [0.05, 0.1) is 4.92 Å². The van der Waals surface area contributed by atoms with Gasteiger partial charge in [-0.3, -0.25) is 10.1 Å².